The van der Waals surface area contributed by atoms with Crippen molar-refractivity contribution in [2.45, 2.75) is 5.41 Å². The largest absolute Gasteiger partial charge is 0.310 e. The van der Waals surface area contributed by atoms with Gasteiger partial charge >= 0.3 is 0 Å². The molecule has 0 bridgehead atoms. The van der Waals surface area contributed by atoms with Crippen LogP contribution in [0.2, 0.25) is 0 Å². The fraction of sp³-hybridized carbons (Fsp3) is 0.0233. The van der Waals surface area contributed by atoms with Gasteiger partial charge < -0.3 is 4.90 Å². The molecule has 0 aromatic heterocycles. The van der Waals surface area contributed by atoms with E-state index in [2.05, 4.69) is 191 Å². The first-order valence-corrected chi connectivity index (χ1v) is 16.2. The van der Waals surface area contributed by atoms with Gasteiger partial charge in [-0.2, -0.15) is 0 Å². The fourth-order valence-corrected chi connectivity index (χ4v) is 7.96. The molecule has 45 heavy (non-hydrogen) atoms. The Morgan fingerprint density at radius 2 is 0.778 bits per heavy atom. The van der Waals surface area contributed by atoms with Crippen LogP contribution in [0, 0.1) is 0 Å². The van der Waals surface area contributed by atoms with Gasteiger partial charge in [-0.1, -0.05) is 137 Å². The van der Waals surface area contributed by atoms with Gasteiger partial charge in [0.15, 0.2) is 0 Å². The van der Waals surface area contributed by atoms with Crippen molar-refractivity contribution in [3.05, 3.63) is 197 Å². The number of para-hydroxylation sites is 1. The van der Waals surface area contributed by atoms with E-state index in [0.29, 0.717) is 0 Å². The maximum Gasteiger partial charge on any atom is 0.0726 e. The van der Waals surface area contributed by atoms with Crippen LogP contribution in [-0.4, -0.2) is 0 Å². The van der Waals surface area contributed by atoms with Crippen LogP contribution in [0.25, 0.3) is 33.4 Å². The summed E-state index contributed by atoms with van der Waals surface area (Å²) < 4.78 is 1.09. The second kappa shape index (κ2) is 10.2. The second-order valence-corrected chi connectivity index (χ2v) is 12.8. The van der Waals surface area contributed by atoms with Crippen molar-refractivity contribution in [2.24, 2.45) is 0 Å². The van der Waals surface area contributed by atoms with Crippen LogP contribution in [0.5, 0.6) is 0 Å². The number of rotatable bonds is 4. The molecule has 2 aliphatic carbocycles. The first-order valence-electron chi connectivity index (χ1n) is 15.4. The lowest BCUT2D eigenvalue weighted by molar-refractivity contribution is 0.793. The fourth-order valence-electron chi connectivity index (χ4n) is 7.69. The lowest BCUT2D eigenvalue weighted by Crippen LogP contribution is -2.26. The number of hydrogen-bond acceptors (Lipinski definition) is 1. The summed E-state index contributed by atoms with van der Waals surface area (Å²) in [5.41, 5.74) is 16.1. The lowest BCUT2D eigenvalue weighted by Gasteiger charge is -2.32. The molecule has 7 aromatic rings. The van der Waals surface area contributed by atoms with Crippen molar-refractivity contribution in [2.75, 3.05) is 4.90 Å². The molecular formula is C43H28BrN. The smallest absolute Gasteiger partial charge is 0.0726 e. The first kappa shape index (κ1) is 26.2. The molecule has 0 aliphatic heterocycles. The summed E-state index contributed by atoms with van der Waals surface area (Å²) in [5, 5.41) is 0. The van der Waals surface area contributed by atoms with Crippen LogP contribution >= 0.6 is 15.9 Å². The third kappa shape index (κ3) is 3.86. The van der Waals surface area contributed by atoms with E-state index in [9.17, 15) is 0 Å². The predicted octanol–water partition coefficient (Wildman–Crippen LogP) is 11.9. The van der Waals surface area contributed by atoms with Crippen LogP contribution in [0.1, 0.15) is 22.3 Å². The first-order chi connectivity index (χ1) is 22.2. The van der Waals surface area contributed by atoms with Crippen LogP contribution in [0.4, 0.5) is 17.1 Å². The van der Waals surface area contributed by atoms with Crippen LogP contribution < -0.4 is 4.90 Å². The van der Waals surface area contributed by atoms with Crippen molar-refractivity contribution in [3.8, 4) is 33.4 Å². The highest BCUT2D eigenvalue weighted by atomic mass is 79.9. The van der Waals surface area contributed by atoms with E-state index in [4.69, 9.17) is 0 Å². The molecule has 0 saturated heterocycles. The van der Waals surface area contributed by atoms with Crippen molar-refractivity contribution in [1.29, 1.82) is 0 Å². The van der Waals surface area contributed by atoms with Crippen LogP contribution in [0.3, 0.4) is 0 Å². The van der Waals surface area contributed by atoms with Crippen LogP contribution in [-0.2, 0) is 5.41 Å². The number of halogens is 1. The maximum absolute atomic E-state index is 3.56. The number of anilines is 3. The number of nitrogens with zero attached hydrogens (tertiary/aromatic N) is 1. The number of fused-ring (bicyclic) bond motifs is 10. The Morgan fingerprint density at radius 3 is 1.33 bits per heavy atom. The van der Waals surface area contributed by atoms with Gasteiger partial charge in [0.05, 0.1) is 5.41 Å². The summed E-state index contributed by atoms with van der Waals surface area (Å²) in [7, 11) is 0. The molecule has 212 valence electrons. The Morgan fingerprint density at radius 1 is 0.356 bits per heavy atom. The highest BCUT2D eigenvalue weighted by Crippen LogP contribution is 2.63. The molecule has 0 amide bonds. The zero-order valence-electron chi connectivity index (χ0n) is 24.5. The Hall–Kier alpha value is -5.18. The van der Waals surface area contributed by atoms with Gasteiger partial charge in [0.1, 0.15) is 0 Å². The van der Waals surface area contributed by atoms with Crippen molar-refractivity contribution < 1.29 is 0 Å². The summed E-state index contributed by atoms with van der Waals surface area (Å²) in [6.45, 7) is 0. The quantitative estimate of drug-likeness (QED) is 0.185. The topological polar surface area (TPSA) is 3.24 Å². The van der Waals surface area contributed by atoms with E-state index in [-0.39, 0.29) is 5.41 Å². The van der Waals surface area contributed by atoms with Crippen molar-refractivity contribution >= 4 is 33.0 Å². The average Bonchev–Trinajstić information content (AvgIpc) is 3.57. The molecule has 0 unspecified atom stereocenters. The summed E-state index contributed by atoms with van der Waals surface area (Å²) in [4.78, 5) is 2.38. The molecule has 0 N–H and O–H groups in total. The van der Waals surface area contributed by atoms with Gasteiger partial charge in [-0.3, -0.25) is 0 Å². The summed E-state index contributed by atoms with van der Waals surface area (Å²) >= 11 is 3.56. The standard InChI is InChI=1S/C43H28BrN/c44-31-22-18-29(19-23-31)30-20-24-33(25-21-30)45(32-10-2-1-3-11-32)34-26-27-38-37-14-6-9-17-41(37)43(42(38)28-34)39-15-7-4-12-35(39)36-13-5-8-16-40(36)43/h1-28H. The molecule has 0 atom stereocenters. The highest BCUT2D eigenvalue weighted by molar-refractivity contribution is 9.10. The van der Waals surface area contributed by atoms with Gasteiger partial charge in [-0.25, -0.2) is 0 Å². The van der Waals surface area contributed by atoms with Gasteiger partial charge in [-0.05, 0) is 104 Å². The van der Waals surface area contributed by atoms with Gasteiger partial charge in [0.25, 0.3) is 0 Å². The van der Waals surface area contributed by atoms with Crippen LogP contribution in [0.15, 0.2) is 174 Å². The Kier molecular flexibility index (Phi) is 5.94. The SMILES string of the molecule is Brc1ccc(-c2ccc(N(c3ccccc3)c3ccc4c(c3)C3(c5ccccc5-c5ccccc53)c3ccccc3-4)cc2)cc1. The lowest BCUT2D eigenvalue weighted by atomic mass is 9.70. The molecule has 7 aromatic carbocycles. The molecule has 0 fully saturated rings. The molecule has 1 nitrogen and oxygen atoms in total. The minimum Gasteiger partial charge on any atom is -0.310 e. The summed E-state index contributed by atoms with van der Waals surface area (Å²) in [5.74, 6) is 0. The molecule has 2 heteroatoms. The normalized spacial score (nSPS) is 13.2. The molecule has 1 spiro atoms. The minimum atomic E-state index is -0.372. The maximum atomic E-state index is 3.56. The molecular weight excluding hydrogens is 610 g/mol. The van der Waals surface area contributed by atoms with E-state index in [1.165, 1.54) is 55.6 Å². The zero-order valence-corrected chi connectivity index (χ0v) is 26.1. The van der Waals surface area contributed by atoms with E-state index in [0.717, 1.165) is 21.5 Å². The second-order valence-electron chi connectivity index (χ2n) is 11.8. The molecule has 0 heterocycles. The molecule has 0 saturated carbocycles. The number of benzene rings is 7. The van der Waals surface area contributed by atoms with Crippen molar-refractivity contribution in [1.82, 2.24) is 0 Å². The van der Waals surface area contributed by atoms with Gasteiger partial charge in [-0.15, -0.1) is 0 Å². The minimum absolute atomic E-state index is 0.372. The van der Waals surface area contributed by atoms with Gasteiger partial charge in [0, 0.05) is 21.5 Å². The zero-order chi connectivity index (χ0) is 30.0. The average molecular weight is 639 g/mol. The third-order valence-corrected chi connectivity index (χ3v) is 10.1. The van der Waals surface area contributed by atoms with Gasteiger partial charge in [0.2, 0.25) is 0 Å². The van der Waals surface area contributed by atoms with E-state index in [1.807, 2.05) is 0 Å². The summed E-state index contributed by atoms with van der Waals surface area (Å²) in [6, 6.07) is 62.2. The highest BCUT2D eigenvalue weighted by Gasteiger charge is 2.51. The molecule has 2 aliphatic rings. The Balaban J connectivity index is 1.27. The van der Waals surface area contributed by atoms with E-state index in [1.54, 1.807) is 0 Å². The molecule has 0 radical (unpaired) electrons. The predicted molar refractivity (Wildman–Crippen MR) is 191 cm³/mol. The Bertz CT molecular complexity index is 2150. The summed E-state index contributed by atoms with van der Waals surface area (Å²) in [6.07, 6.45) is 0. The monoisotopic (exact) mass is 637 g/mol. The number of hydrogen-bond donors (Lipinski definition) is 0. The molecule has 9 rings (SSSR count). The Labute approximate surface area is 272 Å². The third-order valence-electron chi connectivity index (χ3n) is 9.56. The van der Waals surface area contributed by atoms with E-state index < -0.39 is 0 Å². The van der Waals surface area contributed by atoms with E-state index >= 15 is 0 Å². The van der Waals surface area contributed by atoms with Crippen molar-refractivity contribution in [3.63, 3.8) is 0 Å².